The van der Waals surface area contributed by atoms with Crippen LogP contribution in [0.15, 0.2) is 40.9 Å². The van der Waals surface area contributed by atoms with Gasteiger partial charge in [-0.1, -0.05) is 35.2 Å². The Bertz CT molecular complexity index is 1050. The molecule has 3 aliphatic rings. The fourth-order valence-electron chi connectivity index (χ4n) is 6.16. The molecule has 0 radical (unpaired) electrons. The van der Waals surface area contributed by atoms with Crippen molar-refractivity contribution in [2.45, 2.75) is 57.8 Å². The highest BCUT2D eigenvalue weighted by Gasteiger charge is 2.35. The normalized spacial score (nSPS) is 23.5. The van der Waals surface area contributed by atoms with Gasteiger partial charge in [-0.25, -0.2) is 0 Å². The van der Waals surface area contributed by atoms with Gasteiger partial charge in [0.05, 0.1) is 11.3 Å². The van der Waals surface area contributed by atoms with E-state index in [0.717, 1.165) is 65.3 Å². The number of hydrogen-bond donors (Lipinski definition) is 0. The molecular formula is C28H34BrN3O2. The van der Waals surface area contributed by atoms with Crippen LogP contribution < -0.4 is 0 Å². The molecule has 2 atom stereocenters. The van der Waals surface area contributed by atoms with Crippen LogP contribution in [0.3, 0.4) is 0 Å². The number of amides is 2. The monoisotopic (exact) mass is 523 g/mol. The molecule has 34 heavy (non-hydrogen) atoms. The lowest BCUT2D eigenvalue weighted by Gasteiger charge is -2.41. The lowest BCUT2D eigenvalue weighted by molar-refractivity contribution is 0.0517. The van der Waals surface area contributed by atoms with Gasteiger partial charge in [-0.2, -0.15) is 0 Å². The first-order valence-electron chi connectivity index (χ1n) is 12.8. The van der Waals surface area contributed by atoms with E-state index < -0.39 is 0 Å². The fraction of sp³-hybridized carbons (Fsp3) is 0.536. The summed E-state index contributed by atoms with van der Waals surface area (Å²) in [7, 11) is 0. The SMILES string of the molecule is Cc1ccc(C(=O)N2CCC3CCCCC3C2)c(C2CCN(C(=O)c3ccc(Br)cc3)CC2)n1. The van der Waals surface area contributed by atoms with Gasteiger partial charge in [-0.05, 0) is 80.8 Å². The zero-order valence-corrected chi connectivity index (χ0v) is 21.6. The summed E-state index contributed by atoms with van der Waals surface area (Å²) in [5.74, 6) is 1.91. The molecule has 2 amide bonds. The van der Waals surface area contributed by atoms with Gasteiger partial charge in [0.25, 0.3) is 11.8 Å². The van der Waals surface area contributed by atoms with E-state index in [4.69, 9.17) is 4.98 Å². The number of likely N-dealkylation sites (tertiary alicyclic amines) is 2. The molecule has 5 rings (SSSR count). The maximum atomic E-state index is 13.7. The second-order valence-corrected chi connectivity index (χ2v) is 11.2. The third kappa shape index (κ3) is 4.93. The molecule has 3 heterocycles. The minimum Gasteiger partial charge on any atom is -0.339 e. The van der Waals surface area contributed by atoms with Crippen molar-refractivity contribution in [2.24, 2.45) is 11.8 Å². The standard InChI is InChI=1S/C28H34BrN3O2/c1-19-6-11-25(28(34)32-17-12-20-4-2-3-5-23(20)18-32)26(30-19)21-13-15-31(16-14-21)27(33)22-7-9-24(29)10-8-22/h6-11,20-21,23H,2-5,12-18H2,1H3. The number of nitrogens with zero attached hydrogens (tertiary/aromatic N) is 3. The van der Waals surface area contributed by atoms with Crippen LogP contribution in [0.1, 0.15) is 83.0 Å². The van der Waals surface area contributed by atoms with E-state index in [1.165, 1.54) is 25.7 Å². The van der Waals surface area contributed by atoms with Crippen LogP contribution in [0.5, 0.6) is 0 Å². The Balaban J connectivity index is 1.28. The minimum absolute atomic E-state index is 0.0785. The predicted octanol–water partition coefficient (Wildman–Crippen LogP) is 5.82. The summed E-state index contributed by atoms with van der Waals surface area (Å²) in [6.45, 7) is 5.15. The highest BCUT2D eigenvalue weighted by Crippen LogP contribution is 2.37. The molecule has 180 valence electrons. The van der Waals surface area contributed by atoms with Gasteiger partial charge >= 0.3 is 0 Å². The molecule has 1 aliphatic carbocycles. The summed E-state index contributed by atoms with van der Waals surface area (Å²) in [5, 5.41) is 0. The number of carbonyl (C=O) groups is 2. The Morgan fingerprint density at radius 2 is 1.50 bits per heavy atom. The van der Waals surface area contributed by atoms with Crippen molar-refractivity contribution in [2.75, 3.05) is 26.2 Å². The molecule has 0 bridgehead atoms. The number of pyridine rings is 1. The maximum absolute atomic E-state index is 13.7. The van der Waals surface area contributed by atoms with Gasteiger partial charge in [0, 0.05) is 47.8 Å². The molecule has 1 saturated carbocycles. The number of halogens is 1. The third-order valence-corrected chi connectivity index (χ3v) is 8.66. The molecule has 2 unspecified atom stereocenters. The molecule has 3 fully saturated rings. The van der Waals surface area contributed by atoms with E-state index in [0.29, 0.717) is 19.0 Å². The summed E-state index contributed by atoms with van der Waals surface area (Å²) < 4.78 is 0.971. The number of aromatic nitrogens is 1. The van der Waals surface area contributed by atoms with Crippen molar-refractivity contribution < 1.29 is 9.59 Å². The smallest absolute Gasteiger partial charge is 0.255 e. The Kier molecular flexibility index (Phi) is 7.05. The molecule has 1 aromatic heterocycles. The minimum atomic E-state index is 0.0785. The largest absolute Gasteiger partial charge is 0.339 e. The lowest BCUT2D eigenvalue weighted by atomic mass is 9.75. The van der Waals surface area contributed by atoms with E-state index in [1.807, 2.05) is 48.2 Å². The van der Waals surface area contributed by atoms with Crippen LogP contribution in [0.25, 0.3) is 0 Å². The molecule has 2 aromatic rings. The summed E-state index contributed by atoms with van der Waals surface area (Å²) in [5.41, 5.74) is 3.38. The van der Waals surface area contributed by atoms with Crippen molar-refractivity contribution in [3.63, 3.8) is 0 Å². The number of hydrogen-bond acceptors (Lipinski definition) is 3. The topological polar surface area (TPSA) is 53.5 Å². The predicted molar refractivity (Wildman–Crippen MR) is 137 cm³/mol. The van der Waals surface area contributed by atoms with Crippen molar-refractivity contribution in [3.8, 4) is 0 Å². The van der Waals surface area contributed by atoms with E-state index in [9.17, 15) is 9.59 Å². The molecule has 0 N–H and O–H groups in total. The van der Waals surface area contributed by atoms with Gasteiger partial charge in [0.1, 0.15) is 0 Å². The highest BCUT2D eigenvalue weighted by molar-refractivity contribution is 9.10. The van der Waals surface area contributed by atoms with E-state index in [-0.39, 0.29) is 17.7 Å². The zero-order valence-electron chi connectivity index (χ0n) is 20.0. The second kappa shape index (κ2) is 10.2. The molecule has 0 spiro atoms. The van der Waals surface area contributed by atoms with Crippen LogP contribution in [0, 0.1) is 18.8 Å². The first-order valence-corrected chi connectivity index (χ1v) is 13.6. The van der Waals surface area contributed by atoms with Crippen molar-refractivity contribution >= 4 is 27.7 Å². The summed E-state index contributed by atoms with van der Waals surface area (Å²) in [6, 6.07) is 11.5. The van der Waals surface area contributed by atoms with Crippen LogP contribution in [0.2, 0.25) is 0 Å². The maximum Gasteiger partial charge on any atom is 0.255 e. The van der Waals surface area contributed by atoms with Crippen LogP contribution in [-0.2, 0) is 0 Å². The van der Waals surface area contributed by atoms with Gasteiger partial charge in [0.15, 0.2) is 0 Å². The van der Waals surface area contributed by atoms with Crippen LogP contribution in [0.4, 0.5) is 0 Å². The first-order chi connectivity index (χ1) is 16.5. The number of fused-ring (bicyclic) bond motifs is 1. The number of benzene rings is 1. The average molecular weight is 525 g/mol. The summed E-state index contributed by atoms with van der Waals surface area (Å²) >= 11 is 3.43. The Morgan fingerprint density at radius 1 is 0.824 bits per heavy atom. The first kappa shape index (κ1) is 23.5. The van der Waals surface area contributed by atoms with Gasteiger partial charge < -0.3 is 9.80 Å². The van der Waals surface area contributed by atoms with Crippen LogP contribution in [-0.4, -0.2) is 52.8 Å². The number of rotatable bonds is 3. The lowest BCUT2D eigenvalue weighted by Crippen LogP contribution is -2.45. The number of aryl methyl sites for hydroxylation is 1. The quantitative estimate of drug-likeness (QED) is 0.508. The number of carbonyl (C=O) groups excluding carboxylic acids is 2. The highest BCUT2D eigenvalue weighted by atomic mass is 79.9. The second-order valence-electron chi connectivity index (χ2n) is 10.3. The van der Waals surface area contributed by atoms with E-state index in [1.54, 1.807) is 0 Å². The molecular weight excluding hydrogens is 490 g/mol. The van der Waals surface area contributed by atoms with Crippen molar-refractivity contribution in [1.29, 1.82) is 0 Å². The zero-order chi connectivity index (χ0) is 23.7. The van der Waals surface area contributed by atoms with Gasteiger partial charge in [-0.15, -0.1) is 0 Å². The molecule has 2 aliphatic heterocycles. The van der Waals surface area contributed by atoms with Crippen molar-refractivity contribution in [1.82, 2.24) is 14.8 Å². The Labute approximate surface area is 211 Å². The van der Waals surface area contributed by atoms with Crippen molar-refractivity contribution in [3.05, 3.63) is 63.4 Å². The fourth-order valence-corrected chi connectivity index (χ4v) is 6.42. The van der Waals surface area contributed by atoms with E-state index >= 15 is 0 Å². The molecule has 1 aromatic carbocycles. The average Bonchev–Trinajstić information content (AvgIpc) is 2.88. The third-order valence-electron chi connectivity index (χ3n) is 8.13. The van der Waals surface area contributed by atoms with Gasteiger partial charge in [-0.3, -0.25) is 14.6 Å². The molecule has 2 saturated heterocycles. The summed E-state index contributed by atoms with van der Waals surface area (Å²) in [6.07, 6.45) is 8.07. The van der Waals surface area contributed by atoms with E-state index in [2.05, 4.69) is 20.8 Å². The molecule has 5 nitrogen and oxygen atoms in total. The Morgan fingerprint density at radius 3 is 2.24 bits per heavy atom. The Hall–Kier alpha value is -2.21. The van der Waals surface area contributed by atoms with Crippen LogP contribution >= 0.6 is 15.9 Å². The number of piperidine rings is 2. The molecule has 6 heteroatoms. The van der Waals surface area contributed by atoms with Gasteiger partial charge in [0.2, 0.25) is 0 Å². The summed E-state index contributed by atoms with van der Waals surface area (Å²) in [4.78, 5) is 35.5.